The molecule has 0 radical (unpaired) electrons. The van der Waals surface area contributed by atoms with E-state index in [4.69, 9.17) is 28.4 Å². The van der Waals surface area contributed by atoms with Crippen molar-refractivity contribution in [3.63, 3.8) is 0 Å². The number of carbonyl (C=O) groups excluding carboxylic acids is 1. The van der Waals surface area contributed by atoms with Gasteiger partial charge in [-0.2, -0.15) is 0 Å². The van der Waals surface area contributed by atoms with Gasteiger partial charge in [0, 0.05) is 7.11 Å². The van der Waals surface area contributed by atoms with Crippen molar-refractivity contribution in [2.75, 3.05) is 13.7 Å². The standard InChI is InChI=1S/C47H67FO7/c1-4-6-7-8-9-10-11-12-13-14-15-16-17-27-34-47(48,46(49)51-5-2)44-42(53-36-39-30-23-19-24-31-39)41(52-35-38-28-21-18-22-29-38)43(45(50-3)55-44)54-37-40-32-25-20-26-33-40/h18-26,28-33,41-45H,4-17,27,34-37H2,1-3H3/t41-,42-,43-,44-,45-,47?/m0/s1. The highest BCUT2D eigenvalue weighted by atomic mass is 19.1. The number of hydrogen-bond acceptors (Lipinski definition) is 7. The zero-order valence-corrected chi connectivity index (χ0v) is 33.7. The molecular weight excluding hydrogens is 696 g/mol. The van der Waals surface area contributed by atoms with Crippen LogP contribution in [0, 0.1) is 0 Å². The van der Waals surface area contributed by atoms with Gasteiger partial charge in [-0.3, -0.25) is 0 Å². The summed E-state index contributed by atoms with van der Waals surface area (Å²) in [6.07, 6.45) is 11.2. The van der Waals surface area contributed by atoms with Crippen LogP contribution in [0.25, 0.3) is 0 Å². The smallest absolute Gasteiger partial charge is 0.346 e. The van der Waals surface area contributed by atoms with Gasteiger partial charge in [0.15, 0.2) is 6.29 Å². The summed E-state index contributed by atoms with van der Waals surface area (Å²) >= 11 is 0. The van der Waals surface area contributed by atoms with Crippen LogP contribution in [-0.4, -0.2) is 56.1 Å². The van der Waals surface area contributed by atoms with Gasteiger partial charge in [0.25, 0.3) is 0 Å². The predicted molar refractivity (Wildman–Crippen MR) is 216 cm³/mol. The lowest BCUT2D eigenvalue weighted by Crippen LogP contribution is -2.67. The maximum Gasteiger partial charge on any atom is 0.346 e. The molecule has 3 aromatic rings. The van der Waals surface area contributed by atoms with Gasteiger partial charge in [-0.15, -0.1) is 0 Å². The van der Waals surface area contributed by atoms with Gasteiger partial charge in [0.1, 0.15) is 24.4 Å². The maximum atomic E-state index is 17.9. The van der Waals surface area contributed by atoms with Gasteiger partial charge in [0.2, 0.25) is 5.67 Å². The third kappa shape index (κ3) is 15.0. The van der Waals surface area contributed by atoms with Crippen LogP contribution in [0.4, 0.5) is 4.39 Å². The largest absolute Gasteiger partial charge is 0.464 e. The van der Waals surface area contributed by atoms with Gasteiger partial charge in [0.05, 0.1) is 26.4 Å². The summed E-state index contributed by atoms with van der Waals surface area (Å²) in [5.41, 5.74) is 0.255. The first-order valence-corrected chi connectivity index (χ1v) is 21.0. The van der Waals surface area contributed by atoms with Crippen LogP contribution < -0.4 is 0 Å². The number of hydrogen-bond donors (Lipinski definition) is 0. The quantitative estimate of drug-likeness (QED) is 0.0539. The molecule has 1 saturated heterocycles. The molecule has 0 spiro atoms. The van der Waals surface area contributed by atoms with Crippen molar-refractivity contribution < 1.29 is 37.6 Å². The molecule has 4 rings (SSSR count). The van der Waals surface area contributed by atoms with Crippen molar-refractivity contribution in [3.05, 3.63) is 108 Å². The molecule has 1 aliphatic heterocycles. The van der Waals surface area contributed by atoms with Gasteiger partial charge >= 0.3 is 5.97 Å². The van der Waals surface area contributed by atoms with Gasteiger partial charge in [-0.1, -0.05) is 181 Å². The molecule has 0 aliphatic carbocycles. The second-order valence-corrected chi connectivity index (χ2v) is 14.9. The second-order valence-electron chi connectivity index (χ2n) is 14.9. The number of esters is 1. The summed E-state index contributed by atoms with van der Waals surface area (Å²) < 4.78 is 55.5. The molecule has 0 aromatic heterocycles. The Morgan fingerprint density at radius 2 is 0.982 bits per heavy atom. The van der Waals surface area contributed by atoms with E-state index in [2.05, 4.69) is 6.92 Å². The Morgan fingerprint density at radius 1 is 0.582 bits per heavy atom. The lowest BCUT2D eigenvalue weighted by Gasteiger charge is -2.48. The highest BCUT2D eigenvalue weighted by Crippen LogP contribution is 2.40. The Hall–Kier alpha value is -3.14. The number of benzene rings is 3. The average molecular weight is 763 g/mol. The van der Waals surface area contributed by atoms with Crippen LogP contribution in [-0.2, 0) is 53.0 Å². The highest BCUT2D eigenvalue weighted by Gasteiger charge is 2.60. The molecule has 0 amide bonds. The van der Waals surface area contributed by atoms with E-state index in [0.717, 1.165) is 36.0 Å². The van der Waals surface area contributed by atoms with Crippen LogP contribution in [0.2, 0.25) is 0 Å². The molecule has 7 nitrogen and oxygen atoms in total. The Bertz CT molecular complexity index is 1410. The SMILES string of the molecule is CCCCCCCCCCCCCCCCC(F)(C(=O)OCC)[C@H]1O[C@H](OC)[C@@H](OCc2ccccc2)[C@@H](OCc2ccccc2)[C@@H]1OCc1ccccc1. The topological polar surface area (TPSA) is 72.5 Å². The lowest BCUT2D eigenvalue weighted by molar-refractivity contribution is -0.334. The number of alkyl halides is 1. The second kappa shape index (κ2) is 25.9. The van der Waals surface area contributed by atoms with Crippen LogP contribution in [0.5, 0.6) is 0 Å². The van der Waals surface area contributed by atoms with Gasteiger partial charge in [-0.25, -0.2) is 9.18 Å². The number of rotatable bonds is 28. The Morgan fingerprint density at radius 3 is 1.40 bits per heavy atom. The van der Waals surface area contributed by atoms with Crippen LogP contribution in [0.15, 0.2) is 91.0 Å². The molecule has 3 aromatic carbocycles. The van der Waals surface area contributed by atoms with E-state index in [1.165, 1.54) is 71.3 Å². The van der Waals surface area contributed by atoms with E-state index >= 15 is 4.39 Å². The summed E-state index contributed by atoms with van der Waals surface area (Å²) in [5.74, 6) is -0.955. The third-order valence-electron chi connectivity index (χ3n) is 10.5. The van der Waals surface area contributed by atoms with Crippen molar-refractivity contribution in [1.82, 2.24) is 0 Å². The minimum absolute atomic E-state index is 0.0377. The van der Waals surface area contributed by atoms with Crippen molar-refractivity contribution >= 4 is 5.97 Å². The van der Waals surface area contributed by atoms with Crippen LogP contribution in [0.1, 0.15) is 127 Å². The summed E-state index contributed by atoms with van der Waals surface area (Å²) in [6.45, 7) is 4.59. The van der Waals surface area contributed by atoms with E-state index < -0.39 is 42.3 Å². The average Bonchev–Trinajstić information content (AvgIpc) is 3.22. The number of methoxy groups -OCH3 is 1. The molecule has 0 N–H and O–H groups in total. The van der Waals surface area contributed by atoms with E-state index in [9.17, 15) is 4.79 Å². The molecule has 6 atom stereocenters. The van der Waals surface area contributed by atoms with Crippen molar-refractivity contribution in [1.29, 1.82) is 0 Å². The predicted octanol–water partition coefficient (Wildman–Crippen LogP) is 11.3. The molecule has 55 heavy (non-hydrogen) atoms. The molecule has 0 saturated carbocycles. The molecule has 1 unspecified atom stereocenters. The van der Waals surface area contributed by atoms with E-state index in [1.54, 1.807) is 6.92 Å². The molecule has 1 fully saturated rings. The minimum atomic E-state index is -2.52. The maximum absolute atomic E-state index is 17.9. The Balaban J connectivity index is 1.50. The van der Waals surface area contributed by atoms with E-state index in [1.807, 2.05) is 91.0 Å². The fourth-order valence-electron chi connectivity index (χ4n) is 7.41. The molecular formula is C47H67FO7. The fraction of sp³-hybridized carbons (Fsp3) is 0.596. The number of ether oxygens (including phenoxy) is 6. The fourth-order valence-corrected chi connectivity index (χ4v) is 7.41. The first-order valence-electron chi connectivity index (χ1n) is 21.0. The van der Waals surface area contributed by atoms with Gasteiger partial charge in [-0.05, 0) is 36.5 Å². The summed E-state index contributed by atoms with van der Waals surface area (Å²) in [7, 11) is 1.50. The summed E-state index contributed by atoms with van der Waals surface area (Å²) in [4.78, 5) is 13.8. The Kier molecular flexibility index (Phi) is 21.0. The first-order chi connectivity index (χ1) is 27.0. The third-order valence-corrected chi connectivity index (χ3v) is 10.5. The Labute approximate surface area is 330 Å². The summed E-state index contributed by atoms with van der Waals surface area (Å²) in [5, 5.41) is 0. The monoisotopic (exact) mass is 762 g/mol. The van der Waals surface area contributed by atoms with Crippen molar-refractivity contribution in [2.45, 2.75) is 166 Å². The lowest BCUT2D eigenvalue weighted by atomic mass is 9.83. The molecule has 0 bridgehead atoms. The van der Waals surface area contributed by atoms with Gasteiger partial charge < -0.3 is 28.4 Å². The summed E-state index contributed by atoms with van der Waals surface area (Å²) in [6, 6.07) is 29.2. The molecule has 304 valence electrons. The molecule has 1 heterocycles. The zero-order valence-electron chi connectivity index (χ0n) is 33.7. The van der Waals surface area contributed by atoms with Crippen LogP contribution >= 0.6 is 0 Å². The highest BCUT2D eigenvalue weighted by molar-refractivity contribution is 5.80. The zero-order chi connectivity index (χ0) is 39.0. The van der Waals surface area contributed by atoms with E-state index in [0.29, 0.717) is 6.42 Å². The molecule has 1 aliphatic rings. The minimum Gasteiger partial charge on any atom is -0.464 e. The normalized spacial score (nSPS) is 20.9. The molecule has 8 heteroatoms. The van der Waals surface area contributed by atoms with Crippen molar-refractivity contribution in [3.8, 4) is 0 Å². The van der Waals surface area contributed by atoms with Crippen molar-refractivity contribution in [2.24, 2.45) is 0 Å². The number of carbonyl (C=O) groups is 1. The van der Waals surface area contributed by atoms with Crippen LogP contribution in [0.3, 0.4) is 0 Å². The first kappa shape index (κ1) is 44.6. The number of unbranched alkanes of at least 4 members (excludes halogenated alkanes) is 13. The number of halogens is 1. The van der Waals surface area contributed by atoms with E-state index in [-0.39, 0.29) is 32.8 Å².